The number of amides is 1. The number of benzene rings is 3. The number of anilines is 1. The number of para-hydroxylation sites is 1. The lowest BCUT2D eigenvalue weighted by Crippen LogP contribution is -2.25. The highest BCUT2D eigenvalue weighted by Gasteiger charge is 2.23. The molecule has 5 heteroatoms. The molecule has 0 aliphatic carbocycles. The number of ether oxygens (including phenoxy) is 1. The fourth-order valence-corrected chi connectivity index (χ4v) is 3.62. The highest BCUT2D eigenvalue weighted by Crippen LogP contribution is 2.32. The summed E-state index contributed by atoms with van der Waals surface area (Å²) in [6.45, 7) is 9.29. The molecular formula is C28H27NO4. The zero-order chi connectivity index (χ0) is 23.8. The maximum atomic E-state index is 13.1. The van der Waals surface area contributed by atoms with Crippen LogP contribution in [0, 0.1) is 13.8 Å². The van der Waals surface area contributed by atoms with Gasteiger partial charge in [0.25, 0.3) is 5.91 Å². The SMILES string of the molecule is Cc1cccc(C(=O)Nc2cc(-c3cc4ccccc4o3)ccc2C(=O)OC(C)(C)C)c1C. The van der Waals surface area contributed by atoms with Crippen LogP contribution in [0.3, 0.4) is 0 Å². The van der Waals surface area contributed by atoms with Crippen LogP contribution in [-0.2, 0) is 4.74 Å². The summed E-state index contributed by atoms with van der Waals surface area (Å²) < 4.78 is 11.6. The predicted octanol–water partition coefficient (Wildman–Crippen LogP) is 6.92. The van der Waals surface area contributed by atoms with Crippen LogP contribution >= 0.6 is 0 Å². The van der Waals surface area contributed by atoms with Gasteiger partial charge in [0, 0.05) is 16.5 Å². The first-order chi connectivity index (χ1) is 15.6. The van der Waals surface area contributed by atoms with Crippen molar-refractivity contribution in [1.29, 1.82) is 0 Å². The molecular weight excluding hydrogens is 414 g/mol. The zero-order valence-electron chi connectivity index (χ0n) is 19.5. The molecule has 0 radical (unpaired) electrons. The first kappa shape index (κ1) is 22.3. The molecule has 1 N–H and O–H groups in total. The Morgan fingerprint density at radius 3 is 2.36 bits per heavy atom. The summed E-state index contributed by atoms with van der Waals surface area (Å²) in [4.78, 5) is 26.1. The Morgan fingerprint density at radius 2 is 1.64 bits per heavy atom. The van der Waals surface area contributed by atoms with E-state index in [0.717, 1.165) is 27.7 Å². The molecule has 0 aliphatic heterocycles. The molecule has 168 valence electrons. The van der Waals surface area contributed by atoms with Crippen molar-refractivity contribution in [2.24, 2.45) is 0 Å². The van der Waals surface area contributed by atoms with Gasteiger partial charge in [-0.15, -0.1) is 0 Å². The molecule has 4 rings (SSSR count). The van der Waals surface area contributed by atoms with Crippen molar-refractivity contribution in [3.8, 4) is 11.3 Å². The Labute approximate surface area is 193 Å². The van der Waals surface area contributed by atoms with Gasteiger partial charge in [-0.3, -0.25) is 4.79 Å². The highest BCUT2D eigenvalue weighted by atomic mass is 16.6. The van der Waals surface area contributed by atoms with Crippen LogP contribution in [0.15, 0.2) is 71.1 Å². The Bertz CT molecular complexity index is 1330. The Kier molecular flexibility index (Phi) is 5.81. The first-order valence-corrected chi connectivity index (χ1v) is 10.9. The topological polar surface area (TPSA) is 68.5 Å². The summed E-state index contributed by atoms with van der Waals surface area (Å²) in [5.41, 5.74) is 3.96. The summed E-state index contributed by atoms with van der Waals surface area (Å²) in [6, 6.07) is 20.5. The number of hydrogen-bond acceptors (Lipinski definition) is 4. The third-order valence-electron chi connectivity index (χ3n) is 5.45. The van der Waals surface area contributed by atoms with Crippen LogP contribution in [0.1, 0.15) is 52.6 Å². The summed E-state index contributed by atoms with van der Waals surface area (Å²) in [6.07, 6.45) is 0. The van der Waals surface area contributed by atoms with Gasteiger partial charge in [-0.25, -0.2) is 4.79 Å². The third kappa shape index (κ3) is 4.82. The number of aryl methyl sites for hydroxylation is 1. The average molecular weight is 442 g/mol. The number of furan rings is 1. The second-order valence-corrected chi connectivity index (χ2v) is 9.11. The maximum absolute atomic E-state index is 13.1. The van der Waals surface area contributed by atoms with Crippen LogP contribution in [0.4, 0.5) is 5.69 Å². The van der Waals surface area contributed by atoms with Crippen LogP contribution in [0.2, 0.25) is 0 Å². The van der Waals surface area contributed by atoms with Gasteiger partial charge in [-0.1, -0.05) is 36.4 Å². The van der Waals surface area contributed by atoms with Crippen molar-refractivity contribution in [3.63, 3.8) is 0 Å². The molecule has 1 aromatic heterocycles. The van der Waals surface area contributed by atoms with E-state index in [9.17, 15) is 9.59 Å². The minimum Gasteiger partial charge on any atom is -0.456 e. The van der Waals surface area contributed by atoms with Crippen molar-refractivity contribution in [2.45, 2.75) is 40.2 Å². The van der Waals surface area contributed by atoms with E-state index in [2.05, 4.69) is 5.32 Å². The Morgan fingerprint density at radius 1 is 0.879 bits per heavy atom. The van der Waals surface area contributed by atoms with E-state index in [1.165, 1.54) is 0 Å². The van der Waals surface area contributed by atoms with E-state index in [-0.39, 0.29) is 11.5 Å². The molecule has 33 heavy (non-hydrogen) atoms. The molecule has 4 aromatic rings. The lowest BCUT2D eigenvalue weighted by molar-refractivity contribution is 0.00708. The van der Waals surface area contributed by atoms with Crippen molar-refractivity contribution in [2.75, 3.05) is 5.32 Å². The Balaban J connectivity index is 1.76. The molecule has 0 bridgehead atoms. The average Bonchev–Trinajstić information content (AvgIpc) is 3.18. The smallest absolute Gasteiger partial charge is 0.340 e. The van der Waals surface area contributed by atoms with E-state index in [4.69, 9.17) is 9.15 Å². The quantitative estimate of drug-likeness (QED) is 0.349. The van der Waals surface area contributed by atoms with Crippen LogP contribution in [0.25, 0.3) is 22.3 Å². The number of carbonyl (C=O) groups excluding carboxylic acids is 2. The number of rotatable bonds is 4. The van der Waals surface area contributed by atoms with Gasteiger partial charge in [0.2, 0.25) is 0 Å². The number of carbonyl (C=O) groups is 2. The predicted molar refractivity (Wildman–Crippen MR) is 131 cm³/mol. The second-order valence-electron chi connectivity index (χ2n) is 9.11. The van der Waals surface area contributed by atoms with Crippen molar-refractivity contribution in [1.82, 2.24) is 0 Å². The second kappa shape index (κ2) is 8.58. The summed E-state index contributed by atoms with van der Waals surface area (Å²) in [7, 11) is 0. The van der Waals surface area contributed by atoms with Crippen molar-refractivity contribution >= 4 is 28.5 Å². The number of fused-ring (bicyclic) bond motifs is 1. The highest BCUT2D eigenvalue weighted by molar-refractivity contribution is 6.09. The third-order valence-corrected chi connectivity index (χ3v) is 5.45. The van der Waals surface area contributed by atoms with E-state index in [1.807, 2.05) is 77.1 Å². The summed E-state index contributed by atoms with van der Waals surface area (Å²) in [5, 5.41) is 3.90. The van der Waals surface area contributed by atoms with Gasteiger partial charge in [0.05, 0.1) is 11.3 Å². The summed E-state index contributed by atoms with van der Waals surface area (Å²) in [5.74, 6) is -0.146. The van der Waals surface area contributed by atoms with E-state index in [1.54, 1.807) is 24.3 Å². The van der Waals surface area contributed by atoms with Crippen molar-refractivity contribution < 1.29 is 18.7 Å². The van der Waals surface area contributed by atoms with Gasteiger partial charge >= 0.3 is 5.97 Å². The van der Waals surface area contributed by atoms with Gasteiger partial charge < -0.3 is 14.5 Å². The van der Waals surface area contributed by atoms with E-state index in [0.29, 0.717) is 17.0 Å². The fraction of sp³-hybridized carbons (Fsp3) is 0.214. The lowest BCUT2D eigenvalue weighted by Gasteiger charge is -2.21. The molecule has 0 saturated carbocycles. The molecule has 1 heterocycles. The lowest BCUT2D eigenvalue weighted by atomic mass is 10.0. The standard InChI is InChI=1S/C28H27NO4/c1-17-9-8-11-21(18(17)2)26(30)29-23-15-20(13-14-22(23)27(31)33-28(3,4)5)25-16-19-10-6-7-12-24(19)32-25/h6-16H,1-5H3,(H,29,30). The molecule has 0 aliphatic rings. The maximum Gasteiger partial charge on any atom is 0.340 e. The van der Waals surface area contributed by atoms with Gasteiger partial charge in [0.1, 0.15) is 16.9 Å². The van der Waals surface area contributed by atoms with E-state index >= 15 is 0 Å². The van der Waals surface area contributed by atoms with Crippen LogP contribution in [-0.4, -0.2) is 17.5 Å². The largest absolute Gasteiger partial charge is 0.456 e. The molecule has 5 nitrogen and oxygen atoms in total. The van der Waals surface area contributed by atoms with Crippen molar-refractivity contribution in [3.05, 3.63) is 89.0 Å². The minimum atomic E-state index is -0.664. The molecule has 3 aromatic carbocycles. The monoisotopic (exact) mass is 441 g/mol. The molecule has 0 atom stereocenters. The molecule has 0 saturated heterocycles. The van der Waals surface area contributed by atoms with Crippen LogP contribution < -0.4 is 5.32 Å². The minimum absolute atomic E-state index is 0.281. The number of hydrogen-bond donors (Lipinski definition) is 1. The van der Waals surface area contributed by atoms with Gasteiger partial charge in [-0.2, -0.15) is 0 Å². The normalized spacial score (nSPS) is 11.4. The molecule has 0 unspecified atom stereocenters. The first-order valence-electron chi connectivity index (χ1n) is 10.9. The van der Waals surface area contributed by atoms with Gasteiger partial charge in [-0.05, 0) is 76.1 Å². The Hall–Kier alpha value is -3.86. The summed E-state index contributed by atoms with van der Waals surface area (Å²) >= 11 is 0. The number of nitrogens with one attached hydrogen (secondary N) is 1. The fourth-order valence-electron chi connectivity index (χ4n) is 3.62. The van der Waals surface area contributed by atoms with Crippen LogP contribution in [0.5, 0.6) is 0 Å². The molecule has 0 fully saturated rings. The van der Waals surface area contributed by atoms with Gasteiger partial charge in [0.15, 0.2) is 0 Å². The number of esters is 1. The molecule has 0 spiro atoms. The van der Waals surface area contributed by atoms with E-state index < -0.39 is 11.6 Å². The zero-order valence-corrected chi connectivity index (χ0v) is 19.5. The molecule has 1 amide bonds.